The third kappa shape index (κ3) is 3.99. The number of benzene rings is 2. The molecule has 1 fully saturated rings. The Morgan fingerprint density at radius 3 is 2.80 bits per heavy atom. The zero-order valence-corrected chi connectivity index (χ0v) is 14.9. The molecule has 1 aliphatic heterocycles. The van der Waals surface area contributed by atoms with Crippen molar-refractivity contribution in [3.63, 3.8) is 0 Å². The minimum absolute atomic E-state index is 0.0718. The number of anilines is 2. The second-order valence-corrected chi connectivity index (χ2v) is 6.58. The maximum absolute atomic E-state index is 12.7. The number of carbonyl (C=O) groups is 1. The molecule has 0 aliphatic carbocycles. The van der Waals surface area contributed by atoms with Gasteiger partial charge in [0.05, 0.1) is 23.4 Å². The van der Waals surface area contributed by atoms with Crippen LogP contribution in [0.25, 0.3) is 0 Å². The van der Waals surface area contributed by atoms with Gasteiger partial charge >= 0.3 is 0 Å². The largest absolute Gasteiger partial charge is 0.496 e. The summed E-state index contributed by atoms with van der Waals surface area (Å²) >= 11 is 6.06. The van der Waals surface area contributed by atoms with E-state index < -0.39 is 0 Å². The van der Waals surface area contributed by atoms with Gasteiger partial charge in [0.1, 0.15) is 5.75 Å². The van der Waals surface area contributed by atoms with Crippen LogP contribution in [-0.4, -0.2) is 32.1 Å². The number of rotatable bonds is 4. The van der Waals surface area contributed by atoms with Crippen molar-refractivity contribution in [3.8, 4) is 5.75 Å². The molecule has 0 spiro atoms. The SMILES string of the molecule is COc1cc(N)c(Cl)cc1C(=O)NC1CCCN(c2ccccc2)C1. The van der Waals surface area contributed by atoms with E-state index >= 15 is 0 Å². The Kier molecular flexibility index (Phi) is 5.34. The first kappa shape index (κ1) is 17.4. The molecular formula is C19H22ClN3O2. The maximum atomic E-state index is 12.7. The Hall–Kier alpha value is -2.40. The molecule has 5 nitrogen and oxygen atoms in total. The normalized spacial score (nSPS) is 17.2. The highest BCUT2D eigenvalue weighted by atomic mass is 35.5. The van der Waals surface area contributed by atoms with Gasteiger partial charge in [0.15, 0.2) is 0 Å². The van der Waals surface area contributed by atoms with Crippen molar-refractivity contribution in [2.75, 3.05) is 30.8 Å². The topological polar surface area (TPSA) is 67.6 Å². The fourth-order valence-electron chi connectivity index (χ4n) is 3.15. The number of piperidine rings is 1. The van der Waals surface area contributed by atoms with E-state index in [0.29, 0.717) is 22.0 Å². The lowest BCUT2D eigenvalue weighted by Crippen LogP contribution is -2.47. The van der Waals surface area contributed by atoms with E-state index in [4.69, 9.17) is 22.1 Å². The first-order valence-corrected chi connectivity index (χ1v) is 8.70. The van der Waals surface area contributed by atoms with Gasteiger partial charge < -0.3 is 20.7 Å². The predicted molar refractivity (Wildman–Crippen MR) is 102 cm³/mol. The number of nitrogens with two attached hydrogens (primary N) is 1. The van der Waals surface area contributed by atoms with Gasteiger partial charge in [0, 0.05) is 30.9 Å². The number of nitrogens with zero attached hydrogens (tertiary/aromatic N) is 1. The molecule has 0 bridgehead atoms. The smallest absolute Gasteiger partial charge is 0.255 e. The van der Waals surface area contributed by atoms with Crippen LogP contribution in [0.15, 0.2) is 42.5 Å². The summed E-state index contributed by atoms with van der Waals surface area (Å²) in [5.74, 6) is 0.230. The van der Waals surface area contributed by atoms with Gasteiger partial charge in [0.25, 0.3) is 5.91 Å². The number of para-hydroxylation sites is 1. The molecule has 1 atom stereocenters. The van der Waals surface area contributed by atoms with Gasteiger partial charge in [-0.15, -0.1) is 0 Å². The van der Waals surface area contributed by atoms with Gasteiger partial charge in [-0.1, -0.05) is 29.8 Å². The second kappa shape index (κ2) is 7.66. The van der Waals surface area contributed by atoms with Crippen LogP contribution in [0.1, 0.15) is 23.2 Å². The van der Waals surface area contributed by atoms with Crippen LogP contribution in [0.2, 0.25) is 5.02 Å². The van der Waals surface area contributed by atoms with E-state index in [2.05, 4.69) is 22.3 Å². The van der Waals surface area contributed by atoms with Crippen molar-refractivity contribution in [2.24, 2.45) is 0 Å². The molecule has 25 heavy (non-hydrogen) atoms. The van der Waals surface area contributed by atoms with Crippen molar-refractivity contribution in [2.45, 2.75) is 18.9 Å². The summed E-state index contributed by atoms with van der Waals surface area (Å²) in [5.41, 5.74) is 7.75. The van der Waals surface area contributed by atoms with E-state index in [-0.39, 0.29) is 11.9 Å². The highest BCUT2D eigenvalue weighted by molar-refractivity contribution is 6.33. The van der Waals surface area contributed by atoms with Crippen LogP contribution in [-0.2, 0) is 0 Å². The second-order valence-electron chi connectivity index (χ2n) is 6.17. The van der Waals surface area contributed by atoms with Crippen LogP contribution in [0, 0.1) is 0 Å². The Morgan fingerprint density at radius 1 is 1.32 bits per heavy atom. The Labute approximate surface area is 152 Å². The molecule has 1 aliphatic rings. The van der Waals surface area contributed by atoms with Crippen LogP contribution in [0.3, 0.4) is 0 Å². The van der Waals surface area contributed by atoms with Crippen molar-refractivity contribution in [3.05, 3.63) is 53.1 Å². The Balaban J connectivity index is 1.72. The third-order valence-corrected chi connectivity index (χ3v) is 4.77. The molecule has 0 saturated carbocycles. The van der Waals surface area contributed by atoms with E-state index in [9.17, 15) is 4.79 Å². The van der Waals surface area contributed by atoms with Crippen LogP contribution >= 0.6 is 11.6 Å². The minimum Gasteiger partial charge on any atom is -0.496 e. The zero-order valence-electron chi connectivity index (χ0n) is 14.2. The van der Waals surface area contributed by atoms with Crippen LogP contribution in [0.4, 0.5) is 11.4 Å². The summed E-state index contributed by atoms with van der Waals surface area (Å²) in [4.78, 5) is 15.0. The molecule has 132 valence electrons. The molecule has 6 heteroatoms. The molecule has 0 aromatic heterocycles. The number of hydrogen-bond donors (Lipinski definition) is 2. The first-order valence-electron chi connectivity index (χ1n) is 8.32. The molecule has 0 radical (unpaired) electrons. The van der Waals surface area contributed by atoms with E-state index in [0.717, 1.165) is 25.9 Å². The summed E-state index contributed by atoms with van der Waals surface area (Å²) in [6.45, 7) is 1.77. The number of carbonyl (C=O) groups excluding carboxylic acids is 1. The van der Waals surface area contributed by atoms with E-state index in [1.165, 1.54) is 12.8 Å². The minimum atomic E-state index is -0.196. The number of amides is 1. The lowest BCUT2D eigenvalue weighted by molar-refractivity contribution is 0.0930. The molecule has 1 amide bonds. The average Bonchev–Trinajstić information content (AvgIpc) is 2.64. The lowest BCUT2D eigenvalue weighted by atomic mass is 10.0. The van der Waals surface area contributed by atoms with Gasteiger partial charge in [0.2, 0.25) is 0 Å². The molecular weight excluding hydrogens is 338 g/mol. The molecule has 1 heterocycles. The van der Waals surface area contributed by atoms with Crippen molar-refractivity contribution in [1.82, 2.24) is 5.32 Å². The van der Waals surface area contributed by atoms with Gasteiger partial charge in [-0.3, -0.25) is 4.79 Å². The molecule has 3 rings (SSSR count). The quantitative estimate of drug-likeness (QED) is 0.822. The number of nitrogens with one attached hydrogen (secondary N) is 1. The maximum Gasteiger partial charge on any atom is 0.255 e. The Bertz CT molecular complexity index is 752. The fraction of sp³-hybridized carbons (Fsp3) is 0.316. The van der Waals surface area contributed by atoms with Crippen molar-refractivity contribution >= 4 is 28.9 Å². The van der Waals surface area contributed by atoms with Gasteiger partial charge in [-0.2, -0.15) is 0 Å². The van der Waals surface area contributed by atoms with Gasteiger partial charge in [-0.05, 0) is 31.0 Å². The molecule has 2 aromatic carbocycles. The summed E-state index contributed by atoms with van der Waals surface area (Å²) in [7, 11) is 1.51. The van der Waals surface area contributed by atoms with Crippen LogP contribution in [0.5, 0.6) is 5.75 Å². The summed E-state index contributed by atoms with van der Waals surface area (Å²) in [6.07, 6.45) is 1.97. The molecule has 1 unspecified atom stereocenters. The van der Waals surface area contributed by atoms with E-state index in [1.807, 2.05) is 18.2 Å². The predicted octanol–water partition coefficient (Wildman–Crippen LogP) is 3.33. The van der Waals surface area contributed by atoms with Crippen molar-refractivity contribution < 1.29 is 9.53 Å². The van der Waals surface area contributed by atoms with E-state index in [1.54, 1.807) is 12.1 Å². The number of hydrogen-bond acceptors (Lipinski definition) is 4. The number of methoxy groups -OCH3 is 1. The monoisotopic (exact) mass is 359 g/mol. The summed E-state index contributed by atoms with van der Waals surface area (Å²) in [5, 5.41) is 3.44. The molecule has 1 saturated heterocycles. The Morgan fingerprint density at radius 2 is 2.08 bits per heavy atom. The lowest BCUT2D eigenvalue weighted by Gasteiger charge is -2.34. The summed E-state index contributed by atoms with van der Waals surface area (Å²) < 4.78 is 5.27. The number of halogens is 1. The number of ether oxygens (including phenoxy) is 1. The van der Waals surface area contributed by atoms with Crippen LogP contribution < -0.4 is 20.7 Å². The molecule has 2 aromatic rings. The highest BCUT2D eigenvalue weighted by Gasteiger charge is 2.23. The third-order valence-electron chi connectivity index (χ3n) is 4.44. The number of nitrogen functional groups attached to an aromatic ring is 1. The first-order chi connectivity index (χ1) is 12.1. The molecule has 3 N–H and O–H groups in total. The average molecular weight is 360 g/mol. The highest BCUT2D eigenvalue weighted by Crippen LogP contribution is 2.29. The standard InChI is InChI=1S/C19H22ClN3O2/c1-25-18-11-17(21)16(20)10-15(18)19(24)22-13-6-5-9-23(12-13)14-7-3-2-4-8-14/h2-4,7-8,10-11,13H,5-6,9,12,21H2,1H3,(H,22,24). The van der Waals surface area contributed by atoms with Gasteiger partial charge in [-0.25, -0.2) is 0 Å². The summed E-state index contributed by atoms with van der Waals surface area (Å²) in [6, 6.07) is 13.4. The van der Waals surface area contributed by atoms with Crippen molar-refractivity contribution in [1.29, 1.82) is 0 Å². The fourth-order valence-corrected chi connectivity index (χ4v) is 3.31. The zero-order chi connectivity index (χ0) is 17.8.